The van der Waals surface area contributed by atoms with E-state index >= 15 is 0 Å². The van der Waals surface area contributed by atoms with Gasteiger partial charge in [-0.1, -0.05) is 36.4 Å². The normalized spacial score (nSPS) is 17.0. The Morgan fingerprint density at radius 2 is 1.44 bits per heavy atom. The van der Waals surface area contributed by atoms with Crippen molar-refractivity contribution in [2.75, 3.05) is 38.8 Å². The predicted molar refractivity (Wildman–Crippen MR) is 131 cm³/mol. The summed E-state index contributed by atoms with van der Waals surface area (Å²) in [6.07, 6.45) is 1.57. The van der Waals surface area contributed by atoms with E-state index < -0.39 is 0 Å². The molecule has 2 aliphatic heterocycles. The first kappa shape index (κ1) is 22.0. The van der Waals surface area contributed by atoms with Crippen LogP contribution in [0.1, 0.15) is 39.1 Å². The van der Waals surface area contributed by atoms with Crippen LogP contribution in [0.15, 0.2) is 72.8 Å². The van der Waals surface area contributed by atoms with Gasteiger partial charge in [0.15, 0.2) is 0 Å². The largest absolute Gasteiger partial charge is 0.497 e. The predicted octanol–water partition coefficient (Wildman–Crippen LogP) is 4.54. The molecule has 0 aliphatic carbocycles. The maximum Gasteiger partial charge on any atom is 0.261 e. The van der Waals surface area contributed by atoms with E-state index in [1.165, 1.54) is 4.90 Å². The van der Waals surface area contributed by atoms with Gasteiger partial charge in [-0.15, -0.1) is 0 Å². The fourth-order valence-corrected chi connectivity index (χ4v) is 5.24. The van der Waals surface area contributed by atoms with Crippen LogP contribution < -0.4 is 14.4 Å². The minimum atomic E-state index is -0.375. The van der Waals surface area contributed by atoms with E-state index in [2.05, 4.69) is 17.0 Å². The van der Waals surface area contributed by atoms with E-state index in [4.69, 9.17) is 9.47 Å². The van der Waals surface area contributed by atoms with Gasteiger partial charge >= 0.3 is 0 Å². The molecule has 0 spiro atoms. The molecule has 1 saturated heterocycles. The molecule has 6 nitrogen and oxygen atoms in total. The lowest BCUT2D eigenvalue weighted by molar-refractivity contribution is 0.0600. The molecule has 0 bridgehead atoms. The third kappa shape index (κ3) is 3.69. The number of carbonyl (C=O) groups excluding carboxylic acids is 2. The van der Waals surface area contributed by atoms with Crippen LogP contribution in [0.5, 0.6) is 11.5 Å². The number of anilines is 1. The molecule has 0 radical (unpaired) electrons. The van der Waals surface area contributed by atoms with Crippen molar-refractivity contribution in [1.82, 2.24) is 4.90 Å². The van der Waals surface area contributed by atoms with Gasteiger partial charge in [0.1, 0.15) is 11.5 Å². The summed E-state index contributed by atoms with van der Waals surface area (Å²) in [5, 5.41) is 0. The number of hydrogen-bond donors (Lipinski definition) is 0. The Morgan fingerprint density at radius 3 is 2.09 bits per heavy atom. The van der Waals surface area contributed by atoms with Crippen molar-refractivity contribution in [2.24, 2.45) is 0 Å². The fourth-order valence-electron chi connectivity index (χ4n) is 5.24. The Hall–Kier alpha value is -3.80. The van der Waals surface area contributed by atoms with Gasteiger partial charge in [0, 0.05) is 25.0 Å². The van der Waals surface area contributed by atoms with Crippen molar-refractivity contribution in [2.45, 2.75) is 18.3 Å². The summed E-state index contributed by atoms with van der Waals surface area (Å²) in [5.74, 6) is 1.19. The van der Waals surface area contributed by atoms with Crippen molar-refractivity contribution in [1.29, 1.82) is 0 Å². The summed E-state index contributed by atoms with van der Waals surface area (Å²) in [6, 6.07) is 23.1. The van der Waals surface area contributed by atoms with Gasteiger partial charge in [-0.3, -0.25) is 14.5 Å². The summed E-state index contributed by atoms with van der Waals surface area (Å²) >= 11 is 0. The molecule has 0 N–H and O–H groups in total. The first-order valence-electron chi connectivity index (χ1n) is 11.5. The molecule has 5 rings (SSSR count). The van der Waals surface area contributed by atoms with Crippen LogP contribution in [0.4, 0.5) is 5.69 Å². The Kier molecular flexibility index (Phi) is 5.74. The first-order chi connectivity index (χ1) is 16.6. The minimum absolute atomic E-state index is 0.213. The average molecular weight is 457 g/mol. The van der Waals surface area contributed by atoms with Crippen LogP contribution in [0, 0.1) is 0 Å². The van der Waals surface area contributed by atoms with Crippen LogP contribution in [0.3, 0.4) is 0 Å². The SMILES string of the molecule is COc1cccc(C2(CN3C(=O)c4ccccc4C3=O)CCN(c3ccccc3OC)CC2)c1. The molecule has 0 unspecified atom stereocenters. The highest BCUT2D eigenvalue weighted by atomic mass is 16.5. The lowest BCUT2D eigenvalue weighted by Gasteiger charge is -2.44. The summed E-state index contributed by atoms with van der Waals surface area (Å²) in [7, 11) is 3.34. The molecule has 2 amide bonds. The van der Waals surface area contributed by atoms with Gasteiger partial charge in [0.25, 0.3) is 11.8 Å². The summed E-state index contributed by atoms with van der Waals surface area (Å²) in [6.45, 7) is 1.90. The van der Waals surface area contributed by atoms with E-state index in [1.807, 2.05) is 36.4 Å². The Labute approximate surface area is 199 Å². The smallest absolute Gasteiger partial charge is 0.261 e. The molecule has 0 atom stereocenters. The van der Waals surface area contributed by atoms with Crippen molar-refractivity contribution in [3.8, 4) is 11.5 Å². The molecule has 0 saturated carbocycles. The second-order valence-corrected chi connectivity index (χ2v) is 8.91. The minimum Gasteiger partial charge on any atom is -0.497 e. The summed E-state index contributed by atoms with van der Waals surface area (Å²) in [5.41, 5.74) is 2.74. The third-order valence-corrected chi connectivity index (χ3v) is 7.17. The van der Waals surface area contributed by atoms with Crippen molar-refractivity contribution in [3.05, 3.63) is 89.5 Å². The van der Waals surface area contributed by atoms with Gasteiger partial charge < -0.3 is 14.4 Å². The zero-order valence-corrected chi connectivity index (χ0v) is 19.5. The van der Waals surface area contributed by atoms with E-state index in [-0.39, 0.29) is 17.2 Å². The molecule has 6 heteroatoms. The van der Waals surface area contributed by atoms with Crippen molar-refractivity contribution in [3.63, 3.8) is 0 Å². The number of carbonyl (C=O) groups is 2. The number of nitrogens with zero attached hydrogens (tertiary/aromatic N) is 2. The van der Waals surface area contributed by atoms with Crippen LogP contribution in [0.2, 0.25) is 0 Å². The Balaban J connectivity index is 1.48. The van der Waals surface area contributed by atoms with E-state index in [0.717, 1.165) is 48.7 Å². The first-order valence-corrected chi connectivity index (χ1v) is 11.5. The highest BCUT2D eigenvalue weighted by Gasteiger charge is 2.44. The van der Waals surface area contributed by atoms with Crippen LogP contribution >= 0.6 is 0 Å². The van der Waals surface area contributed by atoms with Crippen LogP contribution in [-0.2, 0) is 5.41 Å². The monoisotopic (exact) mass is 456 g/mol. The van der Waals surface area contributed by atoms with Gasteiger partial charge in [-0.25, -0.2) is 0 Å². The number of imide groups is 1. The van der Waals surface area contributed by atoms with Crippen molar-refractivity contribution < 1.29 is 19.1 Å². The second-order valence-electron chi connectivity index (χ2n) is 8.91. The van der Waals surface area contributed by atoms with Crippen molar-refractivity contribution >= 4 is 17.5 Å². The zero-order chi connectivity index (χ0) is 23.7. The molecule has 3 aromatic rings. The lowest BCUT2D eigenvalue weighted by atomic mass is 9.72. The van der Waals surface area contributed by atoms with Crippen LogP contribution in [0.25, 0.3) is 0 Å². The van der Waals surface area contributed by atoms with E-state index in [9.17, 15) is 9.59 Å². The van der Waals surface area contributed by atoms with Gasteiger partial charge in [0.05, 0.1) is 31.0 Å². The highest BCUT2D eigenvalue weighted by molar-refractivity contribution is 6.21. The Morgan fingerprint density at radius 1 is 0.794 bits per heavy atom. The molecule has 2 aliphatic rings. The van der Waals surface area contributed by atoms with Gasteiger partial charge in [-0.2, -0.15) is 0 Å². The molecular formula is C28H28N2O4. The molecule has 3 aromatic carbocycles. The maximum absolute atomic E-state index is 13.2. The molecule has 2 heterocycles. The third-order valence-electron chi connectivity index (χ3n) is 7.17. The number of methoxy groups -OCH3 is 2. The number of hydrogen-bond acceptors (Lipinski definition) is 5. The Bertz CT molecular complexity index is 1200. The molecule has 1 fully saturated rings. The number of amides is 2. The zero-order valence-electron chi connectivity index (χ0n) is 19.5. The molecule has 34 heavy (non-hydrogen) atoms. The second kappa shape index (κ2) is 8.86. The summed E-state index contributed by atoms with van der Waals surface area (Å²) in [4.78, 5) is 30.2. The molecular weight excluding hydrogens is 428 g/mol. The number of benzene rings is 3. The number of fused-ring (bicyclic) bond motifs is 1. The van der Waals surface area contributed by atoms with Gasteiger partial charge in [-0.05, 0) is 54.8 Å². The average Bonchev–Trinajstić information content (AvgIpc) is 3.14. The molecule has 174 valence electrons. The highest BCUT2D eigenvalue weighted by Crippen LogP contribution is 2.41. The maximum atomic E-state index is 13.2. The number of piperidine rings is 1. The van der Waals surface area contributed by atoms with Gasteiger partial charge in [0.2, 0.25) is 0 Å². The quantitative estimate of drug-likeness (QED) is 0.510. The van der Waals surface area contributed by atoms with Crippen LogP contribution in [-0.4, -0.2) is 50.6 Å². The standard InChI is InChI=1S/C28H28N2O4/c1-33-21-9-7-8-20(18-21)28(19-30-26(31)22-10-3-4-11-23(22)27(30)32)14-16-29(17-15-28)24-12-5-6-13-25(24)34-2/h3-13,18H,14-17,19H2,1-2H3. The lowest BCUT2D eigenvalue weighted by Crippen LogP contribution is -2.50. The number of para-hydroxylation sites is 2. The topological polar surface area (TPSA) is 59.1 Å². The fraction of sp³-hybridized carbons (Fsp3) is 0.286. The van der Waals surface area contributed by atoms with E-state index in [0.29, 0.717) is 17.7 Å². The number of rotatable bonds is 6. The molecule has 0 aromatic heterocycles. The number of ether oxygens (including phenoxy) is 2. The van der Waals surface area contributed by atoms with E-state index in [1.54, 1.807) is 38.5 Å². The summed E-state index contributed by atoms with van der Waals surface area (Å²) < 4.78 is 11.1.